The fourth-order valence-corrected chi connectivity index (χ4v) is 2.58. The molecule has 0 unspecified atom stereocenters. The minimum atomic E-state index is -0.518. The maximum Gasteiger partial charge on any atom is 0.188 e. The highest BCUT2D eigenvalue weighted by molar-refractivity contribution is 6.36. The number of benzene rings is 2. The first kappa shape index (κ1) is 14.1. The lowest BCUT2D eigenvalue weighted by atomic mass is 10.1. The lowest BCUT2D eigenvalue weighted by molar-refractivity contribution is 0.0904. The molecule has 0 aliphatic heterocycles. The molecular weight excluding hydrogens is 311 g/mol. The number of rotatable bonds is 3. The fourth-order valence-electron chi connectivity index (χ4n) is 2.08. The summed E-state index contributed by atoms with van der Waals surface area (Å²) in [6, 6.07) is 10.2. The standard InChI is InChI=1S/C15H10Cl2N2O2/c16-9-2-3-10(11(17)6-9)15-18-12-4-1-8(14(21)7-20)5-13(12)19-15/h1-6,20H,7H2,(H,18,19). The fraction of sp³-hybridized carbons (Fsp3) is 0.0667. The van der Waals surface area contributed by atoms with Crippen molar-refractivity contribution in [1.82, 2.24) is 9.97 Å². The highest BCUT2D eigenvalue weighted by Crippen LogP contribution is 2.30. The molecule has 0 saturated heterocycles. The maximum atomic E-state index is 11.5. The Bertz CT molecular complexity index is 843. The van der Waals surface area contributed by atoms with E-state index >= 15 is 0 Å². The number of nitrogens with zero attached hydrogens (tertiary/aromatic N) is 1. The summed E-state index contributed by atoms with van der Waals surface area (Å²) in [6.45, 7) is -0.518. The number of ketones is 1. The second kappa shape index (κ2) is 5.48. The number of carbonyl (C=O) groups is 1. The van der Waals surface area contributed by atoms with Crippen molar-refractivity contribution < 1.29 is 9.90 Å². The normalized spacial score (nSPS) is 11.0. The van der Waals surface area contributed by atoms with Gasteiger partial charge in [-0.15, -0.1) is 0 Å². The Morgan fingerprint density at radius 2 is 2.00 bits per heavy atom. The SMILES string of the molecule is O=C(CO)c1ccc2nc(-c3ccc(Cl)cc3Cl)[nH]c2c1. The van der Waals surface area contributed by atoms with Gasteiger partial charge in [-0.2, -0.15) is 0 Å². The first-order valence-corrected chi connectivity index (χ1v) is 6.93. The van der Waals surface area contributed by atoms with Crippen LogP contribution in [0.5, 0.6) is 0 Å². The minimum absolute atomic E-state index is 0.336. The molecule has 3 rings (SSSR count). The molecule has 0 aliphatic carbocycles. The van der Waals surface area contributed by atoms with Gasteiger partial charge in [0.15, 0.2) is 5.78 Å². The summed E-state index contributed by atoms with van der Waals surface area (Å²) < 4.78 is 0. The molecule has 0 amide bonds. The van der Waals surface area contributed by atoms with E-state index in [1.165, 1.54) is 0 Å². The van der Waals surface area contributed by atoms with Crippen LogP contribution in [0.2, 0.25) is 10.0 Å². The van der Waals surface area contributed by atoms with E-state index in [1.54, 1.807) is 36.4 Å². The van der Waals surface area contributed by atoms with Crippen LogP contribution >= 0.6 is 23.2 Å². The third-order valence-corrected chi connectivity index (χ3v) is 3.68. The van der Waals surface area contributed by atoms with Gasteiger partial charge in [0, 0.05) is 16.1 Å². The third kappa shape index (κ3) is 2.65. The van der Waals surface area contributed by atoms with E-state index in [-0.39, 0.29) is 5.78 Å². The van der Waals surface area contributed by atoms with E-state index < -0.39 is 6.61 Å². The highest BCUT2D eigenvalue weighted by atomic mass is 35.5. The Balaban J connectivity index is 2.10. The average Bonchev–Trinajstić information content (AvgIpc) is 2.88. The highest BCUT2D eigenvalue weighted by Gasteiger charge is 2.11. The number of carbonyl (C=O) groups excluding carboxylic acids is 1. The van der Waals surface area contributed by atoms with Crippen molar-refractivity contribution in [2.75, 3.05) is 6.61 Å². The quantitative estimate of drug-likeness (QED) is 0.723. The zero-order valence-electron chi connectivity index (χ0n) is 10.7. The molecule has 6 heteroatoms. The first-order chi connectivity index (χ1) is 10.1. The van der Waals surface area contributed by atoms with Crippen molar-refractivity contribution in [2.45, 2.75) is 0 Å². The number of imidazole rings is 1. The summed E-state index contributed by atoms with van der Waals surface area (Å²) in [5, 5.41) is 9.95. The van der Waals surface area contributed by atoms with Crippen molar-refractivity contribution in [3.05, 3.63) is 52.0 Å². The molecule has 0 aliphatic rings. The summed E-state index contributed by atoms with van der Waals surface area (Å²) in [6.07, 6.45) is 0. The van der Waals surface area contributed by atoms with Gasteiger partial charge >= 0.3 is 0 Å². The zero-order chi connectivity index (χ0) is 15.0. The number of nitrogens with one attached hydrogen (secondary N) is 1. The smallest absolute Gasteiger partial charge is 0.188 e. The number of aliphatic hydroxyl groups excluding tert-OH is 1. The van der Waals surface area contributed by atoms with E-state index in [0.29, 0.717) is 32.5 Å². The number of Topliss-reactive ketones (excluding diaryl/α,β-unsaturated/α-hetero) is 1. The predicted octanol–water partition coefficient (Wildman–Crippen LogP) is 3.71. The van der Waals surface area contributed by atoms with Gasteiger partial charge in [-0.05, 0) is 36.4 Å². The molecule has 0 radical (unpaired) electrons. The lowest BCUT2D eigenvalue weighted by Gasteiger charge is -2.00. The van der Waals surface area contributed by atoms with E-state index in [1.807, 2.05) is 0 Å². The number of hydrogen-bond acceptors (Lipinski definition) is 3. The van der Waals surface area contributed by atoms with E-state index in [0.717, 1.165) is 5.56 Å². The number of halogens is 2. The van der Waals surface area contributed by atoms with Crippen LogP contribution in [0.15, 0.2) is 36.4 Å². The summed E-state index contributed by atoms with van der Waals surface area (Å²) >= 11 is 12.0. The molecule has 0 spiro atoms. The molecule has 1 aromatic heterocycles. The summed E-state index contributed by atoms with van der Waals surface area (Å²) in [7, 11) is 0. The molecule has 0 fully saturated rings. The van der Waals surface area contributed by atoms with Crippen LogP contribution in [0.3, 0.4) is 0 Å². The van der Waals surface area contributed by atoms with E-state index in [2.05, 4.69) is 9.97 Å². The number of aliphatic hydroxyl groups is 1. The van der Waals surface area contributed by atoms with Crippen LogP contribution in [0, 0.1) is 0 Å². The molecule has 3 aromatic rings. The lowest BCUT2D eigenvalue weighted by Crippen LogP contribution is -2.03. The molecule has 0 saturated carbocycles. The minimum Gasteiger partial charge on any atom is -0.388 e. The maximum absolute atomic E-state index is 11.5. The Kier molecular flexibility index (Phi) is 3.68. The Morgan fingerprint density at radius 1 is 1.19 bits per heavy atom. The average molecular weight is 321 g/mol. The molecular formula is C15H10Cl2N2O2. The Labute approximate surface area is 130 Å². The summed E-state index contributed by atoms with van der Waals surface area (Å²) in [5.41, 5.74) is 2.58. The van der Waals surface area contributed by atoms with Crippen molar-refractivity contribution in [3.63, 3.8) is 0 Å². The van der Waals surface area contributed by atoms with Crippen LogP contribution in [0.4, 0.5) is 0 Å². The molecule has 21 heavy (non-hydrogen) atoms. The summed E-state index contributed by atoms with van der Waals surface area (Å²) in [4.78, 5) is 19.1. The van der Waals surface area contributed by atoms with Gasteiger partial charge in [-0.25, -0.2) is 4.98 Å². The van der Waals surface area contributed by atoms with Gasteiger partial charge in [0.05, 0.1) is 16.1 Å². The third-order valence-electron chi connectivity index (χ3n) is 3.13. The number of H-pyrrole nitrogens is 1. The van der Waals surface area contributed by atoms with Crippen molar-refractivity contribution in [2.24, 2.45) is 0 Å². The van der Waals surface area contributed by atoms with Crippen LogP contribution in [0.25, 0.3) is 22.4 Å². The molecule has 2 N–H and O–H groups in total. The van der Waals surface area contributed by atoms with Crippen LogP contribution in [-0.2, 0) is 0 Å². The largest absolute Gasteiger partial charge is 0.388 e. The topological polar surface area (TPSA) is 66.0 Å². The van der Waals surface area contributed by atoms with Crippen molar-refractivity contribution in [1.29, 1.82) is 0 Å². The van der Waals surface area contributed by atoms with Gasteiger partial charge in [0.25, 0.3) is 0 Å². The van der Waals surface area contributed by atoms with Gasteiger partial charge in [-0.1, -0.05) is 23.2 Å². The Hall–Kier alpha value is -1.88. The molecule has 1 heterocycles. The van der Waals surface area contributed by atoms with Gasteiger partial charge in [-0.3, -0.25) is 4.79 Å². The number of fused-ring (bicyclic) bond motifs is 1. The predicted molar refractivity (Wildman–Crippen MR) is 83.0 cm³/mol. The molecule has 0 bridgehead atoms. The van der Waals surface area contributed by atoms with Gasteiger partial charge < -0.3 is 10.1 Å². The molecule has 106 valence electrons. The second-order valence-electron chi connectivity index (χ2n) is 4.52. The van der Waals surface area contributed by atoms with E-state index in [4.69, 9.17) is 28.3 Å². The van der Waals surface area contributed by atoms with Crippen LogP contribution < -0.4 is 0 Å². The van der Waals surface area contributed by atoms with Crippen molar-refractivity contribution >= 4 is 40.0 Å². The second-order valence-corrected chi connectivity index (χ2v) is 5.37. The van der Waals surface area contributed by atoms with Crippen molar-refractivity contribution in [3.8, 4) is 11.4 Å². The summed E-state index contributed by atoms with van der Waals surface area (Å²) in [5.74, 6) is 0.262. The monoisotopic (exact) mass is 320 g/mol. The van der Waals surface area contributed by atoms with Gasteiger partial charge in [0.2, 0.25) is 0 Å². The molecule has 4 nitrogen and oxygen atoms in total. The number of hydrogen-bond donors (Lipinski definition) is 2. The van der Waals surface area contributed by atoms with Gasteiger partial charge in [0.1, 0.15) is 12.4 Å². The Morgan fingerprint density at radius 3 is 2.71 bits per heavy atom. The zero-order valence-corrected chi connectivity index (χ0v) is 12.2. The first-order valence-electron chi connectivity index (χ1n) is 6.18. The number of aromatic amines is 1. The van der Waals surface area contributed by atoms with E-state index in [9.17, 15) is 4.79 Å². The van der Waals surface area contributed by atoms with Crippen LogP contribution in [0.1, 0.15) is 10.4 Å². The van der Waals surface area contributed by atoms with Crippen LogP contribution in [-0.4, -0.2) is 27.5 Å². The molecule has 2 aromatic carbocycles. The molecule has 0 atom stereocenters. The number of aromatic nitrogens is 2.